The highest BCUT2D eigenvalue weighted by Gasteiger charge is 2.51. The van der Waals surface area contributed by atoms with Crippen molar-refractivity contribution in [3.8, 4) is 0 Å². The zero-order valence-corrected chi connectivity index (χ0v) is 12.1. The van der Waals surface area contributed by atoms with Gasteiger partial charge in [-0.3, -0.25) is 0 Å². The summed E-state index contributed by atoms with van der Waals surface area (Å²) in [5.41, 5.74) is 0.816. The molecule has 1 aliphatic rings. The molecule has 0 unspecified atom stereocenters. The maximum absolute atomic E-state index is 12.6. The van der Waals surface area contributed by atoms with E-state index in [0.717, 1.165) is 16.5 Å². The van der Waals surface area contributed by atoms with Gasteiger partial charge < -0.3 is 5.32 Å². The predicted octanol–water partition coefficient (Wildman–Crippen LogP) is 2.21. The fourth-order valence-electron chi connectivity index (χ4n) is 3.19. The molecule has 1 aliphatic heterocycles. The summed E-state index contributed by atoms with van der Waals surface area (Å²) in [6, 6.07) is 13.8. The van der Waals surface area contributed by atoms with Crippen LogP contribution in [0.3, 0.4) is 0 Å². The predicted molar refractivity (Wildman–Crippen MR) is 83.8 cm³/mol. The van der Waals surface area contributed by atoms with E-state index in [-0.39, 0.29) is 16.3 Å². The summed E-state index contributed by atoms with van der Waals surface area (Å²) in [5.74, 6) is 0.0122. The number of carbonyl (C=O) groups excluding carboxylic acids is 2. The van der Waals surface area contributed by atoms with Crippen molar-refractivity contribution in [3.05, 3.63) is 42.5 Å². The molecule has 1 N–H and O–H groups in total. The summed E-state index contributed by atoms with van der Waals surface area (Å²) in [6.07, 6.45) is 0.678. The molecule has 2 aromatic rings. The molecule has 2 aromatic carbocycles. The smallest absolute Gasteiger partial charge is 0.315 e. The van der Waals surface area contributed by atoms with E-state index in [9.17, 15) is 9.59 Å². The Bertz CT molecular complexity index is 688. The van der Waals surface area contributed by atoms with E-state index in [1.807, 2.05) is 49.5 Å². The van der Waals surface area contributed by atoms with Crippen LogP contribution >= 0.6 is 0 Å². The second-order valence-corrected chi connectivity index (χ2v) is 5.42. The molecule has 1 saturated heterocycles. The van der Waals surface area contributed by atoms with Crippen molar-refractivity contribution >= 4 is 28.3 Å². The summed E-state index contributed by atoms with van der Waals surface area (Å²) in [6.45, 7) is 1.10. The van der Waals surface area contributed by atoms with Crippen LogP contribution in [0.4, 0.5) is 5.69 Å². The number of likely N-dealkylation sites (N-methyl/N-ethyl adjacent to an activating group) is 1. The van der Waals surface area contributed by atoms with Gasteiger partial charge in [-0.05, 0) is 18.5 Å². The summed E-state index contributed by atoms with van der Waals surface area (Å²) in [7, 11) is 1.84. The highest BCUT2D eigenvalue weighted by molar-refractivity contribution is 6.17. The lowest BCUT2D eigenvalue weighted by Crippen LogP contribution is -2.56. The number of likely N-dealkylation sites (tertiary alicyclic amines) is 1. The first-order valence-corrected chi connectivity index (χ1v) is 7.28. The van der Waals surface area contributed by atoms with Crippen LogP contribution in [0.5, 0.6) is 0 Å². The number of fused-ring (bicyclic) bond motifs is 1. The highest BCUT2D eigenvalue weighted by atomic mass is 16.2. The van der Waals surface area contributed by atoms with Crippen molar-refractivity contribution in [3.63, 3.8) is 0 Å². The van der Waals surface area contributed by atoms with E-state index in [2.05, 4.69) is 5.32 Å². The molecule has 0 spiro atoms. The second kappa shape index (κ2) is 5.39. The van der Waals surface area contributed by atoms with Gasteiger partial charge in [0, 0.05) is 18.0 Å². The molecule has 108 valence electrons. The minimum absolute atomic E-state index is 0.00611. The van der Waals surface area contributed by atoms with E-state index in [0.29, 0.717) is 25.9 Å². The van der Waals surface area contributed by atoms with E-state index < -0.39 is 0 Å². The maximum Gasteiger partial charge on any atom is 0.326 e. The number of nitrogens with one attached hydrogen (secondary N) is 1. The SMILES string of the molecule is CNCC[N+]1(c2cccc3ccccc23)C(=O)CCC1=O. The molecule has 0 radical (unpaired) electrons. The molecular formula is C17H19N2O2+. The number of rotatable bonds is 4. The van der Waals surface area contributed by atoms with E-state index in [1.54, 1.807) is 0 Å². The van der Waals surface area contributed by atoms with E-state index >= 15 is 0 Å². The van der Waals surface area contributed by atoms with Gasteiger partial charge in [0.1, 0.15) is 6.54 Å². The van der Waals surface area contributed by atoms with Gasteiger partial charge in [0.25, 0.3) is 0 Å². The topological polar surface area (TPSA) is 46.2 Å². The minimum Gasteiger partial charge on any atom is -0.315 e. The molecule has 0 atom stereocenters. The molecule has 3 rings (SSSR count). The average molecular weight is 283 g/mol. The Balaban J connectivity index is 2.24. The molecule has 0 aromatic heterocycles. The quantitative estimate of drug-likeness (QED) is 0.691. The number of carbonyl (C=O) groups is 2. The van der Waals surface area contributed by atoms with Crippen LogP contribution in [-0.4, -0.2) is 32.0 Å². The lowest BCUT2D eigenvalue weighted by atomic mass is 10.1. The molecule has 1 heterocycles. The maximum atomic E-state index is 12.6. The lowest BCUT2D eigenvalue weighted by molar-refractivity contribution is -0.137. The summed E-state index contributed by atoms with van der Waals surface area (Å²) >= 11 is 0. The first kappa shape index (κ1) is 13.9. The van der Waals surface area contributed by atoms with Gasteiger partial charge in [-0.25, -0.2) is 9.59 Å². The first-order chi connectivity index (χ1) is 10.2. The van der Waals surface area contributed by atoms with Crippen molar-refractivity contribution in [1.82, 2.24) is 9.80 Å². The van der Waals surface area contributed by atoms with Crippen molar-refractivity contribution in [2.45, 2.75) is 12.8 Å². The molecule has 2 amide bonds. The normalized spacial score (nSPS) is 17.6. The third-order valence-electron chi connectivity index (χ3n) is 4.28. The van der Waals surface area contributed by atoms with Crippen LogP contribution in [0.2, 0.25) is 0 Å². The monoisotopic (exact) mass is 283 g/mol. The number of hydrogen-bond donors (Lipinski definition) is 1. The largest absolute Gasteiger partial charge is 0.326 e. The number of nitrogens with zero attached hydrogens (tertiary/aromatic N) is 1. The van der Waals surface area contributed by atoms with E-state index in [1.165, 1.54) is 0 Å². The van der Waals surface area contributed by atoms with Gasteiger partial charge in [-0.15, -0.1) is 0 Å². The standard InChI is InChI=1S/C17H19N2O2/c1-18-11-12-19(16(20)9-10-17(19)21)15-8-4-6-13-5-2-3-7-14(13)15/h2-8,18H,9-12H2,1H3/q+1. The number of amides is 2. The van der Waals surface area contributed by atoms with Crippen molar-refractivity contribution in [2.24, 2.45) is 0 Å². The molecular weight excluding hydrogens is 264 g/mol. The summed E-state index contributed by atoms with van der Waals surface area (Å²) in [5, 5.41) is 5.10. The molecule has 4 nitrogen and oxygen atoms in total. The third-order valence-corrected chi connectivity index (χ3v) is 4.28. The van der Waals surface area contributed by atoms with Gasteiger partial charge in [-0.2, -0.15) is 4.48 Å². The number of benzene rings is 2. The van der Waals surface area contributed by atoms with Gasteiger partial charge >= 0.3 is 11.8 Å². The van der Waals surface area contributed by atoms with Gasteiger partial charge in [0.15, 0.2) is 5.69 Å². The number of imide groups is 1. The number of quaternary nitrogens is 1. The van der Waals surface area contributed by atoms with E-state index in [4.69, 9.17) is 0 Å². The average Bonchev–Trinajstić information content (AvgIpc) is 2.81. The Kier molecular flexibility index (Phi) is 3.57. The zero-order chi connectivity index (χ0) is 14.9. The van der Waals surface area contributed by atoms with Crippen LogP contribution in [0, 0.1) is 0 Å². The van der Waals surface area contributed by atoms with Gasteiger partial charge in [0.05, 0.1) is 12.8 Å². The molecule has 4 heteroatoms. The van der Waals surface area contributed by atoms with Crippen LogP contribution in [0.15, 0.2) is 42.5 Å². The third kappa shape index (κ3) is 2.07. The Hall–Kier alpha value is -2.04. The minimum atomic E-state index is -0.151. The molecule has 1 fully saturated rings. The van der Waals surface area contributed by atoms with Crippen molar-refractivity contribution in [1.29, 1.82) is 0 Å². The van der Waals surface area contributed by atoms with Crippen molar-refractivity contribution in [2.75, 3.05) is 20.1 Å². The van der Waals surface area contributed by atoms with Crippen LogP contribution < -0.4 is 9.80 Å². The summed E-state index contributed by atoms with van der Waals surface area (Å²) < 4.78 is -0.151. The Morgan fingerprint density at radius 2 is 1.67 bits per heavy atom. The fraction of sp³-hybridized carbons (Fsp3) is 0.294. The van der Waals surface area contributed by atoms with Crippen LogP contribution in [0.1, 0.15) is 12.8 Å². The molecule has 0 bridgehead atoms. The Morgan fingerprint density at radius 1 is 1.00 bits per heavy atom. The van der Waals surface area contributed by atoms with Gasteiger partial charge in [-0.1, -0.05) is 30.3 Å². The first-order valence-electron chi connectivity index (χ1n) is 7.28. The highest BCUT2D eigenvalue weighted by Crippen LogP contribution is 2.36. The van der Waals surface area contributed by atoms with Crippen LogP contribution in [-0.2, 0) is 9.59 Å². The zero-order valence-electron chi connectivity index (χ0n) is 12.1. The summed E-state index contributed by atoms with van der Waals surface area (Å²) in [4.78, 5) is 25.2. The fourth-order valence-corrected chi connectivity index (χ4v) is 3.19. The van der Waals surface area contributed by atoms with Crippen LogP contribution in [0.25, 0.3) is 10.8 Å². The molecule has 0 aliphatic carbocycles. The molecule has 21 heavy (non-hydrogen) atoms. The van der Waals surface area contributed by atoms with Crippen molar-refractivity contribution < 1.29 is 9.59 Å². The lowest BCUT2D eigenvalue weighted by Gasteiger charge is -2.29. The second-order valence-electron chi connectivity index (χ2n) is 5.42. The Morgan fingerprint density at radius 3 is 2.38 bits per heavy atom. The van der Waals surface area contributed by atoms with Gasteiger partial charge in [0.2, 0.25) is 0 Å². The Labute approximate surface area is 124 Å². The number of hydrogen-bond acceptors (Lipinski definition) is 3. The molecule has 0 saturated carbocycles.